The second kappa shape index (κ2) is 5.32. The number of benzene rings is 1. The molecule has 0 bridgehead atoms. The molecule has 0 aliphatic carbocycles. The standard InChI is InChI=1S/C11H14BrNO3/c1-7-9(11(14)13(2)16-4)5-8(12)6-10(7)15-3/h5-6H,1-4H3. The highest BCUT2D eigenvalue weighted by atomic mass is 79.9. The molecule has 5 heteroatoms. The van der Waals surface area contributed by atoms with Crippen molar-refractivity contribution in [2.45, 2.75) is 6.92 Å². The first-order chi connectivity index (χ1) is 7.51. The van der Waals surface area contributed by atoms with Gasteiger partial charge in [0, 0.05) is 22.6 Å². The highest BCUT2D eigenvalue weighted by molar-refractivity contribution is 9.10. The summed E-state index contributed by atoms with van der Waals surface area (Å²) in [6, 6.07) is 3.56. The summed E-state index contributed by atoms with van der Waals surface area (Å²) in [6.07, 6.45) is 0. The summed E-state index contributed by atoms with van der Waals surface area (Å²) in [5.41, 5.74) is 1.34. The number of nitrogens with zero attached hydrogens (tertiary/aromatic N) is 1. The van der Waals surface area contributed by atoms with Gasteiger partial charge in [-0.3, -0.25) is 9.63 Å². The van der Waals surface area contributed by atoms with Gasteiger partial charge < -0.3 is 4.74 Å². The molecule has 0 atom stereocenters. The van der Waals surface area contributed by atoms with E-state index in [9.17, 15) is 4.79 Å². The van der Waals surface area contributed by atoms with E-state index in [2.05, 4.69) is 15.9 Å². The lowest BCUT2D eigenvalue weighted by Gasteiger charge is -2.16. The van der Waals surface area contributed by atoms with Crippen LogP contribution in [-0.4, -0.2) is 32.2 Å². The van der Waals surface area contributed by atoms with Crippen LogP contribution < -0.4 is 4.74 Å². The fourth-order valence-electron chi connectivity index (χ4n) is 1.34. The van der Waals surface area contributed by atoms with E-state index in [-0.39, 0.29) is 5.91 Å². The number of rotatable bonds is 3. The Morgan fingerprint density at radius 1 is 1.38 bits per heavy atom. The monoisotopic (exact) mass is 287 g/mol. The van der Waals surface area contributed by atoms with Crippen LogP contribution in [0.25, 0.3) is 0 Å². The van der Waals surface area contributed by atoms with Gasteiger partial charge in [0.15, 0.2) is 0 Å². The van der Waals surface area contributed by atoms with Gasteiger partial charge in [-0.2, -0.15) is 0 Å². The molecule has 0 radical (unpaired) electrons. The Labute approximate surface area is 103 Å². The van der Waals surface area contributed by atoms with Gasteiger partial charge in [-0.1, -0.05) is 15.9 Å². The maximum absolute atomic E-state index is 11.9. The quantitative estimate of drug-likeness (QED) is 0.802. The molecular formula is C11H14BrNO3. The Hall–Kier alpha value is -1.07. The molecule has 1 aromatic carbocycles. The van der Waals surface area contributed by atoms with E-state index in [0.717, 1.165) is 10.0 Å². The maximum Gasteiger partial charge on any atom is 0.277 e. The summed E-state index contributed by atoms with van der Waals surface area (Å²) < 4.78 is 5.98. The third-order valence-electron chi connectivity index (χ3n) is 2.33. The van der Waals surface area contributed by atoms with Crippen LogP contribution in [-0.2, 0) is 4.84 Å². The molecule has 0 aliphatic rings. The average Bonchev–Trinajstić information content (AvgIpc) is 2.29. The molecule has 1 amide bonds. The lowest BCUT2D eigenvalue weighted by atomic mass is 10.1. The topological polar surface area (TPSA) is 38.8 Å². The zero-order valence-corrected chi connectivity index (χ0v) is 11.3. The smallest absolute Gasteiger partial charge is 0.277 e. The predicted molar refractivity (Wildman–Crippen MR) is 64.5 cm³/mol. The number of halogens is 1. The van der Waals surface area contributed by atoms with Crippen molar-refractivity contribution in [1.29, 1.82) is 0 Å². The second-order valence-electron chi connectivity index (χ2n) is 3.27. The van der Waals surface area contributed by atoms with Gasteiger partial charge in [0.2, 0.25) is 0 Å². The van der Waals surface area contributed by atoms with Crippen LogP contribution in [0, 0.1) is 6.92 Å². The van der Waals surface area contributed by atoms with Gasteiger partial charge in [0.05, 0.1) is 14.2 Å². The molecule has 0 aromatic heterocycles. The first-order valence-corrected chi connectivity index (χ1v) is 5.46. The van der Waals surface area contributed by atoms with Crippen molar-refractivity contribution in [2.75, 3.05) is 21.3 Å². The van der Waals surface area contributed by atoms with Crippen LogP contribution in [0.3, 0.4) is 0 Å². The summed E-state index contributed by atoms with van der Waals surface area (Å²) in [5, 5.41) is 1.17. The van der Waals surface area contributed by atoms with E-state index in [0.29, 0.717) is 11.3 Å². The molecule has 0 saturated carbocycles. The Morgan fingerprint density at radius 3 is 2.50 bits per heavy atom. The number of methoxy groups -OCH3 is 1. The molecule has 0 fully saturated rings. The molecule has 16 heavy (non-hydrogen) atoms. The molecule has 1 aromatic rings. The van der Waals surface area contributed by atoms with E-state index >= 15 is 0 Å². The highest BCUT2D eigenvalue weighted by Crippen LogP contribution is 2.27. The fourth-order valence-corrected chi connectivity index (χ4v) is 1.78. The number of ether oxygens (including phenoxy) is 1. The third kappa shape index (κ3) is 2.54. The van der Waals surface area contributed by atoms with Crippen molar-refractivity contribution in [1.82, 2.24) is 5.06 Å². The second-order valence-corrected chi connectivity index (χ2v) is 4.18. The van der Waals surface area contributed by atoms with Crippen LogP contribution in [0.1, 0.15) is 15.9 Å². The maximum atomic E-state index is 11.9. The van der Waals surface area contributed by atoms with Crippen molar-refractivity contribution in [3.63, 3.8) is 0 Å². The van der Waals surface area contributed by atoms with Crippen molar-refractivity contribution >= 4 is 21.8 Å². The largest absolute Gasteiger partial charge is 0.496 e. The summed E-state index contributed by atoms with van der Waals surface area (Å²) in [6.45, 7) is 1.84. The van der Waals surface area contributed by atoms with Crippen LogP contribution >= 0.6 is 15.9 Å². The van der Waals surface area contributed by atoms with Crippen molar-refractivity contribution < 1.29 is 14.4 Å². The number of hydrogen-bond acceptors (Lipinski definition) is 3. The Balaban J connectivity index is 3.23. The van der Waals surface area contributed by atoms with Crippen molar-refractivity contribution in [3.05, 3.63) is 27.7 Å². The zero-order valence-electron chi connectivity index (χ0n) is 9.70. The van der Waals surface area contributed by atoms with E-state index in [4.69, 9.17) is 9.57 Å². The van der Waals surface area contributed by atoms with Crippen LogP contribution in [0.5, 0.6) is 5.75 Å². The summed E-state index contributed by atoms with van der Waals surface area (Å²) >= 11 is 3.34. The Bertz CT molecular complexity index is 406. The lowest BCUT2D eigenvalue weighted by molar-refractivity contribution is -0.0757. The molecule has 0 heterocycles. The SMILES string of the molecule is COc1cc(Br)cc(C(=O)N(C)OC)c1C. The van der Waals surface area contributed by atoms with Gasteiger partial charge in [-0.15, -0.1) is 0 Å². The molecule has 0 N–H and O–H groups in total. The van der Waals surface area contributed by atoms with E-state index < -0.39 is 0 Å². The number of amides is 1. The van der Waals surface area contributed by atoms with E-state index in [1.807, 2.05) is 13.0 Å². The van der Waals surface area contributed by atoms with Crippen LogP contribution in [0.2, 0.25) is 0 Å². The first-order valence-electron chi connectivity index (χ1n) is 4.67. The predicted octanol–water partition coefficient (Wildman–Crippen LogP) is 2.40. The van der Waals surface area contributed by atoms with Crippen LogP contribution in [0.15, 0.2) is 16.6 Å². The Morgan fingerprint density at radius 2 is 2.00 bits per heavy atom. The summed E-state index contributed by atoms with van der Waals surface area (Å²) in [5.74, 6) is 0.460. The number of carbonyl (C=O) groups excluding carboxylic acids is 1. The molecule has 4 nitrogen and oxygen atoms in total. The van der Waals surface area contributed by atoms with Gasteiger partial charge in [0.25, 0.3) is 5.91 Å². The number of hydrogen-bond donors (Lipinski definition) is 0. The Kier molecular flexibility index (Phi) is 4.32. The molecule has 0 saturated heterocycles. The molecule has 0 aliphatic heterocycles. The molecular weight excluding hydrogens is 274 g/mol. The minimum atomic E-state index is -0.209. The lowest BCUT2D eigenvalue weighted by Crippen LogP contribution is -2.26. The first kappa shape index (κ1) is 13.0. The highest BCUT2D eigenvalue weighted by Gasteiger charge is 2.17. The summed E-state index contributed by atoms with van der Waals surface area (Å²) in [7, 11) is 4.58. The number of carbonyl (C=O) groups is 1. The fraction of sp³-hybridized carbons (Fsp3) is 0.364. The van der Waals surface area contributed by atoms with Crippen molar-refractivity contribution in [3.8, 4) is 5.75 Å². The molecule has 0 spiro atoms. The average molecular weight is 288 g/mol. The van der Waals surface area contributed by atoms with Gasteiger partial charge >= 0.3 is 0 Å². The normalized spacial score (nSPS) is 10.1. The molecule has 0 unspecified atom stereocenters. The number of hydroxylamine groups is 2. The third-order valence-corrected chi connectivity index (χ3v) is 2.79. The van der Waals surface area contributed by atoms with Crippen LogP contribution in [0.4, 0.5) is 0 Å². The summed E-state index contributed by atoms with van der Waals surface area (Å²) in [4.78, 5) is 16.8. The van der Waals surface area contributed by atoms with Gasteiger partial charge in [-0.05, 0) is 19.1 Å². The van der Waals surface area contributed by atoms with Gasteiger partial charge in [0.1, 0.15) is 5.75 Å². The zero-order chi connectivity index (χ0) is 12.3. The van der Waals surface area contributed by atoms with E-state index in [1.165, 1.54) is 12.2 Å². The van der Waals surface area contributed by atoms with Gasteiger partial charge in [-0.25, -0.2) is 5.06 Å². The minimum Gasteiger partial charge on any atom is -0.496 e. The molecule has 88 valence electrons. The molecule has 1 rings (SSSR count). The minimum absolute atomic E-state index is 0.209. The van der Waals surface area contributed by atoms with E-state index in [1.54, 1.807) is 20.2 Å². The van der Waals surface area contributed by atoms with Crippen molar-refractivity contribution in [2.24, 2.45) is 0 Å².